The molecule has 3 heteroatoms. The Balaban J connectivity index is 2.39. The molecule has 1 aliphatic heterocycles. The molecular weight excluding hydrogens is 118 g/mol. The SMILES string of the molecule is [CH2-][NH+]1CC[C@H](C(=O)O)C1. The van der Waals surface area contributed by atoms with E-state index < -0.39 is 5.97 Å². The average Bonchev–Trinajstić information content (AvgIpc) is 2.14. The lowest BCUT2D eigenvalue weighted by Gasteiger charge is -2.10. The number of hydrogen-bond donors (Lipinski definition) is 2. The number of rotatable bonds is 1. The molecule has 0 aromatic rings. The van der Waals surface area contributed by atoms with Crippen LogP contribution in [0.1, 0.15) is 6.42 Å². The highest BCUT2D eigenvalue weighted by molar-refractivity contribution is 5.70. The Kier molecular flexibility index (Phi) is 1.71. The van der Waals surface area contributed by atoms with Gasteiger partial charge in [-0.05, 0) is 0 Å². The van der Waals surface area contributed by atoms with E-state index in [1.807, 2.05) is 0 Å². The second kappa shape index (κ2) is 2.35. The summed E-state index contributed by atoms with van der Waals surface area (Å²) in [7, 11) is 3.72. The summed E-state index contributed by atoms with van der Waals surface area (Å²) in [6.45, 7) is 1.59. The maximum absolute atomic E-state index is 10.3. The van der Waals surface area contributed by atoms with Gasteiger partial charge in [0.05, 0.1) is 13.1 Å². The van der Waals surface area contributed by atoms with Crippen LogP contribution in [0.15, 0.2) is 0 Å². The fourth-order valence-electron chi connectivity index (χ4n) is 1.14. The molecule has 1 heterocycles. The van der Waals surface area contributed by atoms with Crippen LogP contribution in [-0.2, 0) is 4.79 Å². The maximum Gasteiger partial charge on any atom is 0.312 e. The Bertz CT molecular complexity index is 124. The minimum absolute atomic E-state index is 0.141. The van der Waals surface area contributed by atoms with Gasteiger partial charge in [-0.1, -0.05) is 0 Å². The minimum Gasteiger partial charge on any atom is -0.481 e. The third-order valence-electron chi connectivity index (χ3n) is 1.73. The van der Waals surface area contributed by atoms with Crippen LogP contribution in [0, 0.1) is 13.0 Å². The number of carboxylic acids is 1. The molecule has 0 aromatic carbocycles. The van der Waals surface area contributed by atoms with Crippen molar-refractivity contribution in [1.82, 2.24) is 0 Å². The first-order valence-corrected chi connectivity index (χ1v) is 3.09. The molecule has 9 heavy (non-hydrogen) atoms. The highest BCUT2D eigenvalue weighted by Crippen LogP contribution is 2.02. The van der Waals surface area contributed by atoms with E-state index in [1.165, 1.54) is 0 Å². The van der Waals surface area contributed by atoms with Crippen LogP contribution in [0.3, 0.4) is 0 Å². The summed E-state index contributed by atoms with van der Waals surface area (Å²) in [6.07, 6.45) is 0.786. The predicted molar refractivity (Wildman–Crippen MR) is 31.8 cm³/mol. The second-order valence-electron chi connectivity index (χ2n) is 2.53. The first-order chi connectivity index (χ1) is 4.20. The van der Waals surface area contributed by atoms with Gasteiger partial charge in [-0.3, -0.25) is 4.79 Å². The van der Waals surface area contributed by atoms with Crippen molar-refractivity contribution in [3.8, 4) is 0 Å². The Hall–Kier alpha value is -0.570. The molecule has 1 aliphatic rings. The molecular formula is C6H11NO2. The number of aliphatic carboxylic acids is 1. The quantitative estimate of drug-likeness (QED) is 0.435. The van der Waals surface area contributed by atoms with Crippen LogP contribution >= 0.6 is 0 Å². The van der Waals surface area contributed by atoms with Crippen molar-refractivity contribution in [2.75, 3.05) is 13.1 Å². The largest absolute Gasteiger partial charge is 0.481 e. The summed E-state index contributed by atoms with van der Waals surface area (Å²) in [4.78, 5) is 11.4. The summed E-state index contributed by atoms with van der Waals surface area (Å²) >= 11 is 0. The second-order valence-corrected chi connectivity index (χ2v) is 2.53. The number of nitrogens with one attached hydrogen (secondary N) is 1. The Morgan fingerprint density at radius 1 is 1.78 bits per heavy atom. The molecule has 52 valence electrons. The molecule has 3 nitrogen and oxygen atoms in total. The lowest BCUT2D eigenvalue weighted by atomic mass is 10.1. The van der Waals surface area contributed by atoms with Crippen molar-refractivity contribution in [2.45, 2.75) is 6.42 Å². The smallest absolute Gasteiger partial charge is 0.312 e. The van der Waals surface area contributed by atoms with E-state index in [0.717, 1.165) is 17.9 Å². The van der Waals surface area contributed by atoms with E-state index in [1.54, 1.807) is 0 Å². The number of likely N-dealkylation sites (tertiary alicyclic amines) is 1. The summed E-state index contributed by atoms with van der Waals surface area (Å²) in [5, 5.41) is 8.49. The normalized spacial score (nSPS) is 34.8. The van der Waals surface area contributed by atoms with Gasteiger partial charge in [-0.15, -0.1) is 0 Å². The Morgan fingerprint density at radius 3 is 2.67 bits per heavy atom. The average molecular weight is 129 g/mol. The summed E-state index contributed by atoms with van der Waals surface area (Å²) in [6, 6.07) is 0. The van der Waals surface area contributed by atoms with Gasteiger partial charge >= 0.3 is 5.97 Å². The third kappa shape index (κ3) is 1.42. The van der Waals surface area contributed by atoms with E-state index in [2.05, 4.69) is 7.05 Å². The molecule has 1 fully saturated rings. The fourth-order valence-corrected chi connectivity index (χ4v) is 1.14. The van der Waals surface area contributed by atoms with Gasteiger partial charge in [0, 0.05) is 6.42 Å². The Morgan fingerprint density at radius 2 is 2.44 bits per heavy atom. The highest BCUT2D eigenvalue weighted by Gasteiger charge is 2.26. The third-order valence-corrected chi connectivity index (χ3v) is 1.73. The first-order valence-electron chi connectivity index (χ1n) is 3.09. The number of carboxylic acid groups (broad SMARTS) is 1. The molecule has 0 saturated carbocycles. The van der Waals surface area contributed by atoms with Crippen LogP contribution in [0.4, 0.5) is 0 Å². The van der Waals surface area contributed by atoms with Gasteiger partial charge in [0.25, 0.3) is 0 Å². The van der Waals surface area contributed by atoms with Crippen molar-refractivity contribution in [3.63, 3.8) is 0 Å². The topological polar surface area (TPSA) is 41.7 Å². The van der Waals surface area contributed by atoms with E-state index in [9.17, 15) is 4.79 Å². The van der Waals surface area contributed by atoms with Gasteiger partial charge in [-0.2, -0.15) is 7.05 Å². The van der Waals surface area contributed by atoms with Gasteiger partial charge in [-0.25, -0.2) is 0 Å². The van der Waals surface area contributed by atoms with Crippen molar-refractivity contribution in [2.24, 2.45) is 5.92 Å². The number of carbonyl (C=O) groups is 1. The summed E-state index contributed by atoms with van der Waals surface area (Å²) in [5.41, 5.74) is 0. The van der Waals surface area contributed by atoms with Crippen LogP contribution in [0.5, 0.6) is 0 Å². The lowest BCUT2D eigenvalue weighted by Crippen LogP contribution is -3.04. The zero-order valence-electron chi connectivity index (χ0n) is 5.26. The monoisotopic (exact) mass is 129 g/mol. The molecule has 1 unspecified atom stereocenters. The fraction of sp³-hybridized carbons (Fsp3) is 0.667. The van der Waals surface area contributed by atoms with Crippen LogP contribution in [0.25, 0.3) is 0 Å². The molecule has 0 radical (unpaired) electrons. The van der Waals surface area contributed by atoms with Crippen molar-refractivity contribution in [3.05, 3.63) is 7.05 Å². The minimum atomic E-state index is -0.673. The molecule has 0 spiro atoms. The number of quaternary nitrogens is 1. The van der Waals surface area contributed by atoms with Gasteiger partial charge in [0.15, 0.2) is 0 Å². The lowest BCUT2D eigenvalue weighted by molar-refractivity contribution is -0.840. The van der Waals surface area contributed by atoms with Crippen molar-refractivity contribution < 1.29 is 14.8 Å². The maximum atomic E-state index is 10.3. The van der Waals surface area contributed by atoms with E-state index >= 15 is 0 Å². The molecule has 1 rings (SSSR count). The Labute approximate surface area is 54.3 Å². The van der Waals surface area contributed by atoms with Crippen LogP contribution < -0.4 is 4.90 Å². The van der Waals surface area contributed by atoms with E-state index in [0.29, 0.717) is 6.54 Å². The van der Waals surface area contributed by atoms with Gasteiger partial charge in [0.2, 0.25) is 0 Å². The zero-order valence-corrected chi connectivity index (χ0v) is 5.26. The first kappa shape index (κ1) is 6.55. The summed E-state index contributed by atoms with van der Waals surface area (Å²) < 4.78 is 0. The molecule has 0 aromatic heterocycles. The standard InChI is InChI=1S/C6H11NO2/c1-7-3-2-5(4-7)6(8)9/h5,7H,1-4H2,(H,8,9)/t5-/m0/s1. The van der Waals surface area contributed by atoms with Crippen LogP contribution in [0.2, 0.25) is 0 Å². The van der Waals surface area contributed by atoms with Gasteiger partial charge < -0.3 is 10.0 Å². The highest BCUT2D eigenvalue weighted by atomic mass is 16.4. The molecule has 2 N–H and O–H groups in total. The number of hydrogen-bond acceptors (Lipinski definition) is 1. The van der Waals surface area contributed by atoms with Gasteiger partial charge in [0.1, 0.15) is 5.92 Å². The molecule has 1 saturated heterocycles. The van der Waals surface area contributed by atoms with Crippen LogP contribution in [-0.4, -0.2) is 24.2 Å². The molecule has 2 atom stereocenters. The van der Waals surface area contributed by atoms with E-state index in [4.69, 9.17) is 5.11 Å². The van der Waals surface area contributed by atoms with Crippen molar-refractivity contribution in [1.29, 1.82) is 0 Å². The van der Waals surface area contributed by atoms with E-state index in [-0.39, 0.29) is 5.92 Å². The molecule has 0 aliphatic carbocycles. The zero-order chi connectivity index (χ0) is 6.85. The predicted octanol–water partition coefficient (Wildman–Crippen LogP) is -1.23. The van der Waals surface area contributed by atoms with Crippen molar-refractivity contribution >= 4 is 5.97 Å². The molecule has 0 amide bonds. The summed E-state index contributed by atoms with van der Waals surface area (Å²) in [5.74, 6) is -0.814. The molecule has 0 bridgehead atoms.